The molecule has 2 amide bonds. The number of amides is 2. The van der Waals surface area contributed by atoms with Crippen molar-refractivity contribution in [3.63, 3.8) is 0 Å². The van der Waals surface area contributed by atoms with E-state index in [1.807, 2.05) is 31.2 Å². The number of hydrogen-bond acceptors (Lipinski definition) is 3. The molecule has 0 aliphatic heterocycles. The van der Waals surface area contributed by atoms with Crippen molar-refractivity contribution in [3.8, 4) is 5.75 Å². The minimum atomic E-state index is -0.129. The van der Waals surface area contributed by atoms with Crippen molar-refractivity contribution < 1.29 is 14.3 Å². The summed E-state index contributed by atoms with van der Waals surface area (Å²) in [5, 5.41) is 5.53. The van der Waals surface area contributed by atoms with Crippen LogP contribution in [0.4, 0.5) is 5.69 Å². The molecule has 2 N–H and O–H groups in total. The molecule has 24 heavy (non-hydrogen) atoms. The minimum Gasteiger partial charge on any atom is -0.492 e. The SMILES string of the molecule is CC(=O)Nc1cccc(OCCNC(=O)Cc2ccc(C)cc2)c1. The highest BCUT2D eigenvalue weighted by Gasteiger charge is 2.03. The lowest BCUT2D eigenvalue weighted by Crippen LogP contribution is -2.29. The quantitative estimate of drug-likeness (QED) is 0.769. The van der Waals surface area contributed by atoms with Crippen LogP contribution in [0.5, 0.6) is 5.75 Å². The maximum atomic E-state index is 11.9. The van der Waals surface area contributed by atoms with Gasteiger partial charge in [0.2, 0.25) is 11.8 Å². The van der Waals surface area contributed by atoms with Crippen LogP contribution >= 0.6 is 0 Å². The molecule has 126 valence electrons. The molecule has 0 unspecified atom stereocenters. The van der Waals surface area contributed by atoms with E-state index in [0.717, 1.165) is 5.56 Å². The van der Waals surface area contributed by atoms with Gasteiger partial charge in [0.15, 0.2) is 0 Å². The molecule has 5 nitrogen and oxygen atoms in total. The first kappa shape index (κ1) is 17.5. The van der Waals surface area contributed by atoms with Crippen molar-refractivity contribution in [3.05, 3.63) is 59.7 Å². The summed E-state index contributed by atoms with van der Waals surface area (Å²) in [7, 11) is 0. The Bertz CT molecular complexity index is 696. The lowest BCUT2D eigenvalue weighted by molar-refractivity contribution is -0.120. The number of aryl methyl sites for hydroxylation is 1. The van der Waals surface area contributed by atoms with E-state index in [9.17, 15) is 9.59 Å². The number of hydrogen-bond donors (Lipinski definition) is 2. The van der Waals surface area contributed by atoms with Crippen LogP contribution in [0.1, 0.15) is 18.1 Å². The van der Waals surface area contributed by atoms with Gasteiger partial charge in [0.25, 0.3) is 0 Å². The van der Waals surface area contributed by atoms with Crippen molar-refractivity contribution in [1.82, 2.24) is 5.32 Å². The Morgan fingerprint density at radius 2 is 1.83 bits per heavy atom. The Morgan fingerprint density at radius 1 is 1.08 bits per heavy atom. The summed E-state index contributed by atoms with van der Waals surface area (Å²) in [5.41, 5.74) is 2.85. The molecule has 5 heteroatoms. The molecule has 0 atom stereocenters. The third kappa shape index (κ3) is 6.12. The van der Waals surface area contributed by atoms with Crippen molar-refractivity contribution in [2.45, 2.75) is 20.3 Å². The molecule has 0 bridgehead atoms. The summed E-state index contributed by atoms with van der Waals surface area (Å²) >= 11 is 0. The topological polar surface area (TPSA) is 67.4 Å². The second kappa shape index (κ2) is 8.72. The average molecular weight is 326 g/mol. The number of nitrogens with one attached hydrogen (secondary N) is 2. The van der Waals surface area contributed by atoms with Crippen molar-refractivity contribution in [2.75, 3.05) is 18.5 Å². The summed E-state index contributed by atoms with van der Waals surface area (Å²) in [6.45, 7) is 4.26. The lowest BCUT2D eigenvalue weighted by Gasteiger charge is -2.09. The average Bonchev–Trinajstić information content (AvgIpc) is 2.53. The van der Waals surface area contributed by atoms with E-state index in [-0.39, 0.29) is 11.8 Å². The van der Waals surface area contributed by atoms with Gasteiger partial charge >= 0.3 is 0 Å². The smallest absolute Gasteiger partial charge is 0.224 e. The van der Waals surface area contributed by atoms with Crippen molar-refractivity contribution in [1.29, 1.82) is 0 Å². The summed E-state index contributed by atoms with van der Waals surface area (Å²) in [6, 6.07) is 15.0. The lowest BCUT2D eigenvalue weighted by atomic mass is 10.1. The highest BCUT2D eigenvalue weighted by atomic mass is 16.5. The van der Waals surface area contributed by atoms with E-state index in [1.54, 1.807) is 24.3 Å². The standard InChI is InChI=1S/C19H22N2O3/c1-14-6-8-16(9-7-14)12-19(23)20-10-11-24-18-5-3-4-17(13-18)21-15(2)22/h3-9,13H,10-12H2,1-2H3,(H,20,23)(H,21,22). The van der Waals surface area contributed by atoms with E-state index in [4.69, 9.17) is 4.74 Å². The predicted octanol–water partition coefficient (Wildman–Crippen LogP) is 2.69. The van der Waals surface area contributed by atoms with Crippen LogP contribution in [0.25, 0.3) is 0 Å². The molecule has 0 aliphatic rings. The number of rotatable bonds is 7. The molecule has 0 saturated heterocycles. The van der Waals surface area contributed by atoms with E-state index in [0.29, 0.717) is 31.0 Å². The van der Waals surface area contributed by atoms with E-state index in [1.165, 1.54) is 12.5 Å². The highest BCUT2D eigenvalue weighted by Crippen LogP contribution is 2.17. The Morgan fingerprint density at radius 3 is 2.54 bits per heavy atom. The number of anilines is 1. The summed E-state index contributed by atoms with van der Waals surface area (Å²) in [4.78, 5) is 22.9. The summed E-state index contributed by atoms with van der Waals surface area (Å²) < 4.78 is 5.58. The Kier molecular flexibility index (Phi) is 6.37. The second-order valence-electron chi connectivity index (χ2n) is 5.57. The third-order valence-electron chi connectivity index (χ3n) is 3.33. The molecule has 2 aromatic rings. The Balaban J connectivity index is 1.71. The fourth-order valence-corrected chi connectivity index (χ4v) is 2.18. The van der Waals surface area contributed by atoms with E-state index >= 15 is 0 Å². The molecule has 2 rings (SSSR count). The third-order valence-corrected chi connectivity index (χ3v) is 3.33. The van der Waals surface area contributed by atoms with Crippen LogP contribution in [0.3, 0.4) is 0 Å². The molecule has 0 radical (unpaired) electrons. The highest BCUT2D eigenvalue weighted by molar-refractivity contribution is 5.88. The normalized spacial score (nSPS) is 10.1. The molecule has 0 aliphatic carbocycles. The molecular formula is C19H22N2O3. The maximum Gasteiger partial charge on any atom is 0.224 e. The van der Waals surface area contributed by atoms with Gasteiger partial charge in [-0.25, -0.2) is 0 Å². The van der Waals surface area contributed by atoms with E-state index < -0.39 is 0 Å². The van der Waals surface area contributed by atoms with Gasteiger partial charge in [-0.1, -0.05) is 35.9 Å². The van der Waals surface area contributed by atoms with Gasteiger partial charge in [0.1, 0.15) is 12.4 Å². The fourth-order valence-electron chi connectivity index (χ4n) is 2.18. The molecule has 2 aromatic carbocycles. The zero-order chi connectivity index (χ0) is 17.4. The first-order valence-corrected chi connectivity index (χ1v) is 7.85. The molecule has 0 heterocycles. The summed E-state index contributed by atoms with van der Waals surface area (Å²) in [6.07, 6.45) is 0.359. The van der Waals surface area contributed by atoms with Gasteiger partial charge in [-0.2, -0.15) is 0 Å². The number of benzene rings is 2. The van der Waals surface area contributed by atoms with Crippen molar-refractivity contribution >= 4 is 17.5 Å². The summed E-state index contributed by atoms with van der Waals surface area (Å²) in [5.74, 6) is 0.485. The monoisotopic (exact) mass is 326 g/mol. The van der Waals surface area contributed by atoms with Crippen LogP contribution in [0, 0.1) is 6.92 Å². The largest absolute Gasteiger partial charge is 0.492 e. The first-order chi connectivity index (χ1) is 11.5. The maximum absolute atomic E-state index is 11.9. The molecule has 0 aromatic heterocycles. The molecule has 0 spiro atoms. The second-order valence-corrected chi connectivity index (χ2v) is 5.57. The zero-order valence-electron chi connectivity index (χ0n) is 14.0. The molecule has 0 fully saturated rings. The van der Waals surface area contributed by atoms with Crippen LogP contribution < -0.4 is 15.4 Å². The van der Waals surface area contributed by atoms with Gasteiger partial charge in [-0.05, 0) is 24.6 Å². The Hall–Kier alpha value is -2.82. The number of carbonyl (C=O) groups excluding carboxylic acids is 2. The fraction of sp³-hybridized carbons (Fsp3) is 0.263. The minimum absolute atomic E-state index is 0.0329. The Labute approximate surface area is 142 Å². The van der Waals surface area contributed by atoms with Gasteiger partial charge in [-0.3, -0.25) is 9.59 Å². The van der Waals surface area contributed by atoms with Gasteiger partial charge < -0.3 is 15.4 Å². The zero-order valence-corrected chi connectivity index (χ0v) is 14.0. The van der Waals surface area contributed by atoms with Crippen LogP contribution in [0.2, 0.25) is 0 Å². The molecule has 0 saturated carbocycles. The van der Waals surface area contributed by atoms with E-state index in [2.05, 4.69) is 10.6 Å². The number of ether oxygens (including phenoxy) is 1. The predicted molar refractivity (Wildman–Crippen MR) is 94.1 cm³/mol. The van der Waals surface area contributed by atoms with Crippen LogP contribution in [0.15, 0.2) is 48.5 Å². The van der Waals surface area contributed by atoms with Gasteiger partial charge in [0.05, 0.1) is 13.0 Å². The first-order valence-electron chi connectivity index (χ1n) is 7.85. The van der Waals surface area contributed by atoms with Crippen LogP contribution in [-0.2, 0) is 16.0 Å². The van der Waals surface area contributed by atoms with Crippen molar-refractivity contribution in [2.24, 2.45) is 0 Å². The van der Waals surface area contributed by atoms with Gasteiger partial charge in [-0.15, -0.1) is 0 Å². The van der Waals surface area contributed by atoms with Gasteiger partial charge in [0, 0.05) is 18.7 Å². The molecular weight excluding hydrogens is 304 g/mol. The van der Waals surface area contributed by atoms with Crippen LogP contribution in [-0.4, -0.2) is 25.0 Å². The number of carbonyl (C=O) groups is 2.